The van der Waals surface area contributed by atoms with E-state index in [1.54, 1.807) is 0 Å². The molecule has 2 heterocycles. The Balaban J connectivity index is 2.16. The van der Waals surface area contributed by atoms with Crippen molar-refractivity contribution >= 4 is 16.9 Å². The molecule has 1 aromatic carbocycles. The van der Waals surface area contributed by atoms with E-state index in [4.69, 9.17) is 9.22 Å². The van der Waals surface area contributed by atoms with E-state index in [1.807, 2.05) is 0 Å². The Morgan fingerprint density at radius 3 is 2.81 bits per heavy atom. The summed E-state index contributed by atoms with van der Waals surface area (Å²) in [6.45, 7) is -5.47. The van der Waals surface area contributed by atoms with Crippen molar-refractivity contribution in [2.75, 3.05) is 0 Å². The highest BCUT2D eigenvalue weighted by molar-refractivity contribution is 6.02. The topological polar surface area (TPSA) is 72.9 Å². The molecule has 0 saturated heterocycles. The number of carboxylic acids is 1. The number of benzene rings is 1. The first kappa shape index (κ1) is 10.0. The Morgan fingerprint density at radius 1 is 1.38 bits per heavy atom. The third kappa shape index (κ3) is 2.14. The molecule has 21 heavy (non-hydrogen) atoms. The molecule has 0 atom stereocenters. The minimum Gasteiger partial charge on any atom is -0.476 e. The molecular weight excluding hydrogens is 282 g/mol. The van der Waals surface area contributed by atoms with E-state index >= 15 is 0 Å². The number of nitrogens with zero attached hydrogens (tertiary/aromatic N) is 4. The van der Waals surface area contributed by atoms with Crippen LogP contribution in [0.4, 0.5) is 8.78 Å². The van der Waals surface area contributed by atoms with Crippen molar-refractivity contribution < 1.29 is 22.8 Å². The van der Waals surface area contributed by atoms with Gasteiger partial charge in [0.1, 0.15) is 0 Å². The Morgan fingerprint density at radius 2 is 2.19 bits per heavy atom. The molecule has 0 amide bonds. The Labute approximate surface area is 121 Å². The van der Waals surface area contributed by atoms with Crippen LogP contribution in [0.25, 0.3) is 22.2 Å². The van der Waals surface area contributed by atoms with E-state index in [1.165, 1.54) is 30.5 Å². The van der Waals surface area contributed by atoms with E-state index in [2.05, 4.69) is 10.2 Å². The summed E-state index contributed by atoms with van der Waals surface area (Å²) in [6, 6.07) is 5.54. The molecule has 0 aliphatic carbocycles. The van der Waals surface area contributed by atoms with Crippen molar-refractivity contribution in [1.29, 1.82) is 0 Å². The molecule has 0 unspecified atom stereocenters. The van der Waals surface area contributed by atoms with Crippen LogP contribution in [0.15, 0.2) is 30.5 Å². The maximum absolute atomic E-state index is 13.1. The Hall–Kier alpha value is -2.77. The number of hydrogen-bond acceptors (Lipinski definition) is 3. The predicted octanol–water partition coefficient (Wildman–Crippen LogP) is 2.53. The number of aromatic nitrogens is 4. The van der Waals surface area contributed by atoms with Gasteiger partial charge >= 0.3 is 12.5 Å². The largest absolute Gasteiger partial charge is 0.476 e. The van der Waals surface area contributed by atoms with Crippen molar-refractivity contribution in [2.45, 2.75) is 6.55 Å². The zero-order valence-corrected chi connectivity index (χ0v) is 10.4. The maximum atomic E-state index is 13.1. The zero-order chi connectivity index (χ0) is 17.6. The van der Waals surface area contributed by atoms with Gasteiger partial charge in [-0.05, 0) is 18.2 Å². The Bertz CT molecular complexity index is 933. The summed E-state index contributed by atoms with van der Waals surface area (Å²) >= 11 is 0. The SMILES string of the molecule is [2H]C([2H])([2H])n1ccc(-c2ccc3c(C(=O)O)nn(C(F)F)c3c2)n1. The Kier molecular flexibility index (Phi) is 2.22. The lowest BCUT2D eigenvalue weighted by molar-refractivity contribution is 0.0585. The monoisotopic (exact) mass is 295 g/mol. The number of aryl methyl sites for hydroxylation is 1. The summed E-state index contributed by atoms with van der Waals surface area (Å²) < 4.78 is 49.1. The highest BCUT2D eigenvalue weighted by atomic mass is 19.3. The zero-order valence-electron chi connectivity index (χ0n) is 13.4. The summed E-state index contributed by atoms with van der Waals surface area (Å²) in [5, 5.41) is 16.4. The third-order valence-corrected chi connectivity index (χ3v) is 2.98. The third-order valence-electron chi connectivity index (χ3n) is 2.98. The molecule has 0 spiro atoms. The molecule has 6 nitrogen and oxygen atoms in total. The summed E-state index contributed by atoms with van der Waals surface area (Å²) in [4.78, 5) is 11.1. The van der Waals surface area contributed by atoms with Crippen LogP contribution in [0.3, 0.4) is 0 Å². The van der Waals surface area contributed by atoms with Crippen LogP contribution >= 0.6 is 0 Å². The van der Waals surface area contributed by atoms with Gasteiger partial charge < -0.3 is 5.11 Å². The van der Waals surface area contributed by atoms with E-state index in [0.29, 0.717) is 10.2 Å². The smallest absolute Gasteiger partial charge is 0.357 e. The van der Waals surface area contributed by atoms with Gasteiger partial charge in [0.2, 0.25) is 0 Å². The normalized spacial score (nSPS) is 14.1. The lowest BCUT2D eigenvalue weighted by atomic mass is 10.1. The van der Waals surface area contributed by atoms with Crippen LogP contribution < -0.4 is 0 Å². The standard InChI is InChI=1S/C13H10F2N4O2/c1-18-5-4-9(16-18)7-2-3-8-10(6-7)19(13(14)15)17-11(8)12(20)21/h2-6,13H,1H3,(H,20,21)/i1D3. The summed E-state index contributed by atoms with van der Waals surface area (Å²) in [5.74, 6) is -1.42. The van der Waals surface area contributed by atoms with E-state index < -0.39 is 25.2 Å². The number of carboxylic acid groups (broad SMARTS) is 1. The quantitative estimate of drug-likeness (QED) is 0.806. The fraction of sp³-hybridized carbons (Fsp3) is 0.154. The molecule has 1 N–H and O–H groups in total. The molecule has 0 bridgehead atoms. The van der Waals surface area contributed by atoms with Gasteiger partial charge in [0.05, 0.1) is 11.2 Å². The van der Waals surface area contributed by atoms with Crippen molar-refractivity contribution in [3.8, 4) is 11.3 Å². The highest BCUT2D eigenvalue weighted by Gasteiger charge is 2.21. The fourth-order valence-corrected chi connectivity index (χ4v) is 2.08. The van der Waals surface area contributed by atoms with E-state index in [0.717, 1.165) is 4.68 Å². The molecule has 3 rings (SSSR count). The van der Waals surface area contributed by atoms with E-state index in [9.17, 15) is 13.6 Å². The van der Waals surface area contributed by atoms with Gasteiger partial charge in [-0.15, -0.1) is 0 Å². The average molecular weight is 295 g/mol. The molecule has 0 saturated carbocycles. The van der Waals surface area contributed by atoms with Crippen LogP contribution in [0.1, 0.15) is 21.2 Å². The molecule has 8 heteroatoms. The number of aromatic carboxylic acids is 1. The maximum Gasteiger partial charge on any atom is 0.357 e. The molecule has 3 aromatic rings. The van der Waals surface area contributed by atoms with Crippen LogP contribution in [0, 0.1) is 0 Å². The number of fused-ring (bicyclic) bond motifs is 1. The van der Waals surface area contributed by atoms with Crippen molar-refractivity contribution in [2.24, 2.45) is 6.98 Å². The minimum atomic E-state index is -3.02. The van der Waals surface area contributed by atoms with Gasteiger partial charge in [-0.2, -0.15) is 19.0 Å². The van der Waals surface area contributed by atoms with Gasteiger partial charge in [0.25, 0.3) is 0 Å². The van der Waals surface area contributed by atoms with Crippen LogP contribution in [0.2, 0.25) is 0 Å². The van der Waals surface area contributed by atoms with Crippen molar-refractivity contribution in [1.82, 2.24) is 19.6 Å². The predicted molar refractivity (Wildman–Crippen MR) is 70.1 cm³/mol. The lowest BCUT2D eigenvalue weighted by Gasteiger charge is -2.02. The van der Waals surface area contributed by atoms with Gasteiger partial charge in [-0.1, -0.05) is 6.07 Å². The molecule has 0 radical (unpaired) electrons. The van der Waals surface area contributed by atoms with Crippen LogP contribution in [-0.2, 0) is 6.98 Å². The first-order valence-electron chi connectivity index (χ1n) is 7.29. The van der Waals surface area contributed by atoms with Crippen LogP contribution in [-0.4, -0.2) is 30.6 Å². The van der Waals surface area contributed by atoms with Crippen LogP contribution in [0.5, 0.6) is 0 Å². The number of carbonyl (C=O) groups is 1. The first-order valence-corrected chi connectivity index (χ1v) is 5.79. The molecule has 0 fully saturated rings. The van der Waals surface area contributed by atoms with E-state index in [-0.39, 0.29) is 16.6 Å². The number of rotatable bonds is 3. The number of hydrogen-bond donors (Lipinski definition) is 1. The van der Waals surface area contributed by atoms with Gasteiger partial charge in [0, 0.05) is 28.2 Å². The van der Waals surface area contributed by atoms with Crippen molar-refractivity contribution in [3.63, 3.8) is 0 Å². The molecule has 108 valence electrons. The van der Waals surface area contributed by atoms with Crippen molar-refractivity contribution in [3.05, 3.63) is 36.2 Å². The average Bonchev–Trinajstić information content (AvgIpc) is 3.11. The first-order chi connectivity index (χ1) is 11.2. The fourth-order valence-electron chi connectivity index (χ4n) is 2.08. The highest BCUT2D eigenvalue weighted by Crippen LogP contribution is 2.28. The summed E-state index contributed by atoms with van der Waals surface area (Å²) in [7, 11) is 0. The van der Waals surface area contributed by atoms with Gasteiger partial charge in [0.15, 0.2) is 5.69 Å². The summed E-state index contributed by atoms with van der Waals surface area (Å²) in [5.41, 5.74) is 0.0596. The minimum absolute atomic E-state index is 0.0572. The number of halogens is 2. The molecular formula is C13H10F2N4O2. The second-order valence-electron chi connectivity index (χ2n) is 4.25. The second-order valence-corrected chi connectivity index (χ2v) is 4.25. The number of alkyl halides is 2. The molecule has 2 aromatic heterocycles. The van der Waals surface area contributed by atoms with Gasteiger partial charge in [-0.3, -0.25) is 4.68 Å². The van der Waals surface area contributed by atoms with Gasteiger partial charge in [-0.25, -0.2) is 9.48 Å². The second kappa shape index (κ2) is 4.65. The molecule has 0 aliphatic heterocycles. The lowest BCUT2D eigenvalue weighted by Crippen LogP contribution is -2.03. The summed E-state index contributed by atoms with van der Waals surface area (Å²) in [6.07, 6.45) is 1.25. The molecule has 0 aliphatic rings.